The van der Waals surface area contributed by atoms with Crippen LogP contribution in [0.25, 0.3) is 22.8 Å². The van der Waals surface area contributed by atoms with E-state index in [1.54, 1.807) is 50.6 Å². The van der Waals surface area contributed by atoms with Gasteiger partial charge in [-0.15, -0.1) is 0 Å². The highest BCUT2D eigenvalue weighted by molar-refractivity contribution is 6.04. The fourth-order valence-electron chi connectivity index (χ4n) is 2.96. The minimum Gasteiger partial charge on any atom is -0.497 e. The molecule has 30 heavy (non-hydrogen) atoms. The largest absolute Gasteiger partial charge is 0.497 e. The number of carbonyl (C=O) groups excluding carboxylic acids is 1. The average Bonchev–Trinajstić information content (AvgIpc) is 3.29. The first kappa shape index (κ1) is 19.2. The molecule has 1 aromatic heterocycles. The number of carbonyl (C=O) groups is 1. The molecule has 0 saturated carbocycles. The van der Waals surface area contributed by atoms with Crippen LogP contribution in [0.15, 0.2) is 77.3 Å². The minimum absolute atomic E-state index is 0.227. The average molecular weight is 401 g/mol. The number of methoxy groups -OCH3 is 2. The molecule has 0 spiro atoms. The molecule has 0 aliphatic rings. The van der Waals surface area contributed by atoms with Gasteiger partial charge in [-0.2, -0.15) is 4.98 Å². The molecule has 0 fully saturated rings. The van der Waals surface area contributed by atoms with E-state index < -0.39 is 0 Å². The Labute approximate surface area is 173 Å². The summed E-state index contributed by atoms with van der Waals surface area (Å²) in [5.41, 5.74) is 2.57. The first-order valence-corrected chi connectivity index (χ1v) is 9.21. The number of para-hydroxylation sites is 1. The van der Waals surface area contributed by atoms with Crippen LogP contribution in [0.5, 0.6) is 11.5 Å². The summed E-state index contributed by atoms with van der Waals surface area (Å²) in [5.74, 6) is 1.89. The Morgan fingerprint density at radius 1 is 0.933 bits per heavy atom. The minimum atomic E-state index is -0.227. The Hall–Kier alpha value is -4.13. The van der Waals surface area contributed by atoms with E-state index in [1.807, 2.05) is 36.4 Å². The second-order valence-electron chi connectivity index (χ2n) is 6.39. The number of hydrogen-bond acceptors (Lipinski definition) is 6. The van der Waals surface area contributed by atoms with E-state index in [-0.39, 0.29) is 5.91 Å². The molecular weight excluding hydrogens is 382 g/mol. The van der Waals surface area contributed by atoms with Gasteiger partial charge in [-0.05, 0) is 54.6 Å². The first-order chi connectivity index (χ1) is 14.7. The Balaban J connectivity index is 1.55. The fourth-order valence-corrected chi connectivity index (χ4v) is 2.96. The molecule has 0 aliphatic carbocycles. The first-order valence-electron chi connectivity index (χ1n) is 9.21. The quantitative estimate of drug-likeness (QED) is 0.505. The number of aromatic nitrogens is 2. The Kier molecular flexibility index (Phi) is 5.43. The molecule has 1 heterocycles. The highest BCUT2D eigenvalue weighted by atomic mass is 16.5. The number of nitrogens with one attached hydrogen (secondary N) is 1. The van der Waals surface area contributed by atoms with Crippen molar-refractivity contribution in [2.75, 3.05) is 19.5 Å². The van der Waals surface area contributed by atoms with Crippen LogP contribution in [-0.4, -0.2) is 30.3 Å². The number of hydrogen-bond donors (Lipinski definition) is 1. The van der Waals surface area contributed by atoms with Gasteiger partial charge in [0.15, 0.2) is 0 Å². The molecule has 0 aliphatic heterocycles. The van der Waals surface area contributed by atoms with Gasteiger partial charge in [0, 0.05) is 16.8 Å². The van der Waals surface area contributed by atoms with Gasteiger partial charge in [-0.25, -0.2) is 0 Å². The van der Waals surface area contributed by atoms with Crippen LogP contribution in [0.1, 0.15) is 10.4 Å². The molecule has 0 unspecified atom stereocenters. The van der Waals surface area contributed by atoms with Gasteiger partial charge < -0.3 is 19.3 Å². The van der Waals surface area contributed by atoms with E-state index >= 15 is 0 Å². The van der Waals surface area contributed by atoms with Gasteiger partial charge in [0.05, 0.1) is 19.8 Å². The van der Waals surface area contributed by atoms with Gasteiger partial charge in [-0.3, -0.25) is 4.79 Å². The third kappa shape index (κ3) is 4.00. The van der Waals surface area contributed by atoms with Crippen molar-refractivity contribution in [3.8, 4) is 34.3 Å². The molecule has 7 heteroatoms. The fraction of sp³-hybridized carbons (Fsp3) is 0.0870. The van der Waals surface area contributed by atoms with Gasteiger partial charge in [0.25, 0.3) is 11.8 Å². The topological polar surface area (TPSA) is 86.5 Å². The molecule has 7 nitrogen and oxygen atoms in total. The summed E-state index contributed by atoms with van der Waals surface area (Å²) in [5, 5.41) is 6.93. The molecule has 1 N–H and O–H groups in total. The third-order valence-electron chi connectivity index (χ3n) is 4.49. The maximum Gasteiger partial charge on any atom is 0.258 e. The molecule has 0 bridgehead atoms. The van der Waals surface area contributed by atoms with E-state index in [2.05, 4.69) is 15.5 Å². The van der Waals surface area contributed by atoms with Gasteiger partial charge in [0.2, 0.25) is 5.82 Å². The molecule has 0 saturated heterocycles. The number of benzene rings is 3. The normalized spacial score (nSPS) is 10.5. The zero-order chi connectivity index (χ0) is 20.9. The molecule has 1 amide bonds. The van der Waals surface area contributed by atoms with Crippen molar-refractivity contribution in [2.24, 2.45) is 0 Å². The molecule has 0 radical (unpaired) electrons. The van der Waals surface area contributed by atoms with Gasteiger partial charge in [-0.1, -0.05) is 23.4 Å². The lowest BCUT2D eigenvalue weighted by Crippen LogP contribution is -2.11. The van der Waals surface area contributed by atoms with E-state index in [4.69, 9.17) is 14.0 Å². The highest BCUT2D eigenvalue weighted by Gasteiger charge is 2.15. The third-order valence-corrected chi connectivity index (χ3v) is 4.49. The van der Waals surface area contributed by atoms with Crippen LogP contribution in [0, 0.1) is 0 Å². The maximum atomic E-state index is 12.5. The Morgan fingerprint density at radius 3 is 2.50 bits per heavy atom. The number of nitrogens with zero attached hydrogens (tertiary/aromatic N) is 2. The monoisotopic (exact) mass is 401 g/mol. The van der Waals surface area contributed by atoms with Gasteiger partial charge >= 0.3 is 0 Å². The van der Waals surface area contributed by atoms with Crippen molar-refractivity contribution in [1.82, 2.24) is 10.1 Å². The molecule has 4 rings (SSSR count). The number of amides is 1. The summed E-state index contributed by atoms with van der Waals surface area (Å²) < 4.78 is 15.9. The van der Waals surface area contributed by atoms with Crippen molar-refractivity contribution >= 4 is 11.6 Å². The van der Waals surface area contributed by atoms with Gasteiger partial charge in [0.1, 0.15) is 11.5 Å². The van der Waals surface area contributed by atoms with E-state index in [9.17, 15) is 4.79 Å². The molecule has 4 aromatic rings. The summed E-state index contributed by atoms with van der Waals surface area (Å²) in [6.45, 7) is 0. The maximum absolute atomic E-state index is 12.5. The standard InChI is InChI=1S/C23H19N3O4/c1-28-18-12-10-15(11-13-18)22(27)24-17-7-5-6-16(14-17)23-25-21(26-30-23)19-8-3-4-9-20(19)29-2/h3-14H,1-2H3,(H,24,27). The van der Waals surface area contributed by atoms with Crippen molar-refractivity contribution in [1.29, 1.82) is 0 Å². The smallest absolute Gasteiger partial charge is 0.258 e. The predicted octanol–water partition coefficient (Wildman–Crippen LogP) is 4.67. The van der Waals surface area contributed by atoms with Crippen LogP contribution in [0.4, 0.5) is 5.69 Å². The molecule has 150 valence electrons. The summed E-state index contributed by atoms with van der Waals surface area (Å²) in [7, 11) is 3.17. The summed E-state index contributed by atoms with van der Waals surface area (Å²) in [4.78, 5) is 17.0. The number of anilines is 1. The van der Waals surface area contributed by atoms with Crippen molar-refractivity contribution < 1.29 is 18.8 Å². The Bertz CT molecular complexity index is 1170. The lowest BCUT2D eigenvalue weighted by molar-refractivity contribution is 0.102. The Morgan fingerprint density at radius 2 is 1.73 bits per heavy atom. The molecular formula is C23H19N3O4. The molecule has 0 atom stereocenters. The van der Waals surface area contributed by atoms with Crippen LogP contribution in [-0.2, 0) is 0 Å². The van der Waals surface area contributed by atoms with E-state index in [0.717, 1.165) is 5.56 Å². The SMILES string of the molecule is COc1ccc(C(=O)Nc2cccc(-c3nc(-c4ccccc4OC)no3)c2)cc1. The van der Waals surface area contributed by atoms with Crippen molar-refractivity contribution in [3.05, 3.63) is 78.4 Å². The number of ether oxygens (including phenoxy) is 2. The second-order valence-corrected chi connectivity index (χ2v) is 6.39. The van der Waals surface area contributed by atoms with E-state index in [0.29, 0.717) is 40.0 Å². The van der Waals surface area contributed by atoms with Crippen LogP contribution in [0.3, 0.4) is 0 Å². The van der Waals surface area contributed by atoms with E-state index in [1.165, 1.54) is 0 Å². The highest BCUT2D eigenvalue weighted by Crippen LogP contribution is 2.30. The summed E-state index contributed by atoms with van der Waals surface area (Å²) in [6, 6.07) is 21.6. The van der Waals surface area contributed by atoms with Crippen LogP contribution >= 0.6 is 0 Å². The molecule has 3 aromatic carbocycles. The van der Waals surface area contributed by atoms with Crippen molar-refractivity contribution in [3.63, 3.8) is 0 Å². The van der Waals surface area contributed by atoms with Crippen LogP contribution in [0.2, 0.25) is 0 Å². The van der Waals surface area contributed by atoms with Crippen LogP contribution < -0.4 is 14.8 Å². The lowest BCUT2D eigenvalue weighted by atomic mass is 10.1. The second kappa shape index (κ2) is 8.48. The zero-order valence-corrected chi connectivity index (χ0v) is 16.5. The predicted molar refractivity (Wildman–Crippen MR) is 113 cm³/mol. The summed E-state index contributed by atoms with van der Waals surface area (Å²) in [6.07, 6.45) is 0. The van der Waals surface area contributed by atoms with Crippen molar-refractivity contribution in [2.45, 2.75) is 0 Å². The lowest BCUT2D eigenvalue weighted by Gasteiger charge is -2.07. The number of rotatable bonds is 6. The summed E-state index contributed by atoms with van der Waals surface area (Å²) >= 11 is 0. The zero-order valence-electron chi connectivity index (χ0n) is 16.5.